The molecule has 0 amide bonds. The van der Waals surface area contributed by atoms with Gasteiger partial charge in [0.2, 0.25) is 0 Å². The zero-order chi connectivity index (χ0) is 18.4. The first-order valence-electron chi connectivity index (χ1n) is 8.72. The molecule has 0 bridgehead atoms. The fourth-order valence-electron chi connectivity index (χ4n) is 2.70. The second kappa shape index (κ2) is 8.33. The molecule has 0 atom stereocenters. The molecule has 0 aliphatic heterocycles. The molecule has 0 aliphatic carbocycles. The summed E-state index contributed by atoms with van der Waals surface area (Å²) in [4.78, 5) is 11.3. The fourth-order valence-corrected chi connectivity index (χ4v) is 2.70. The summed E-state index contributed by atoms with van der Waals surface area (Å²) in [6.07, 6.45) is 7.48. The van der Waals surface area contributed by atoms with Gasteiger partial charge in [0.1, 0.15) is 0 Å². The standard InChI is InChI=1S/C19H25N7/c1-4-20-19(25(3)15-17-7-5-11-24(17)2)22-14-16-8-10-21-18(13-16)26-12-6-9-23-26/h5-13H,4,14-15H2,1-3H3,(H,20,22). The number of hydrogen-bond donors (Lipinski definition) is 1. The van der Waals surface area contributed by atoms with Crippen molar-refractivity contribution in [3.05, 3.63) is 66.4 Å². The van der Waals surface area contributed by atoms with Gasteiger partial charge in [-0.25, -0.2) is 14.7 Å². The van der Waals surface area contributed by atoms with E-state index in [0.717, 1.165) is 30.4 Å². The summed E-state index contributed by atoms with van der Waals surface area (Å²) in [5.74, 6) is 1.68. The summed E-state index contributed by atoms with van der Waals surface area (Å²) >= 11 is 0. The Kier molecular flexibility index (Phi) is 5.68. The normalized spacial score (nSPS) is 11.6. The summed E-state index contributed by atoms with van der Waals surface area (Å²) in [6, 6.07) is 10.1. The van der Waals surface area contributed by atoms with Gasteiger partial charge in [0.05, 0.1) is 13.1 Å². The van der Waals surface area contributed by atoms with E-state index in [9.17, 15) is 0 Å². The van der Waals surface area contributed by atoms with Gasteiger partial charge in [0.25, 0.3) is 0 Å². The van der Waals surface area contributed by atoms with Crippen LogP contribution < -0.4 is 5.32 Å². The van der Waals surface area contributed by atoms with E-state index in [1.54, 1.807) is 17.1 Å². The van der Waals surface area contributed by atoms with Crippen molar-refractivity contribution < 1.29 is 0 Å². The van der Waals surface area contributed by atoms with Gasteiger partial charge in [0, 0.05) is 51.1 Å². The average molecular weight is 351 g/mol. The van der Waals surface area contributed by atoms with Crippen molar-refractivity contribution in [2.45, 2.75) is 20.0 Å². The highest BCUT2D eigenvalue weighted by Crippen LogP contribution is 2.09. The molecule has 0 spiro atoms. The maximum atomic E-state index is 4.78. The molecule has 3 heterocycles. The van der Waals surface area contributed by atoms with Gasteiger partial charge in [-0.15, -0.1) is 0 Å². The Morgan fingerprint density at radius 1 is 1.23 bits per heavy atom. The quantitative estimate of drug-likeness (QED) is 0.546. The van der Waals surface area contributed by atoms with Crippen LogP contribution in [0, 0.1) is 0 Å². The third-order valence-corrected chi connectivity index (χ3v) is 4.11. The Labute approximate surface area is 154 Å². The maximum absolute atomic E-state index is 4.78. The van der Waals surface area contributed by atoms with Crippen LogP contribution in [0.4, 0.5) is 0 Å². The highest BCUT2D eigenvalue weighted by Gasteiger charge is 2.08. The number of nitrogens with one attached hydrogen (secondary N) is 1. The van der Waals surface area contributed by atoms with E-state index in [1.807, 2.05) is 24.4 Å². The molecule has 0 aromatic carbocycles. The third-order valence-electron chi connectivity index (χ3n) is 4.11. The van der Waals surface area contributed by atoms with E-state index in [1.165, 1.54) is 5.69 Å². The van der Waals surface area contributed by atoms with Crippen LogP contribution >= 0.6 is 0 Å². The van der Waals surface area contributed by atoms with E-state index < -0.39 is 0 Å². The van der Waals surface area contributed by atoms with Crippen LogP contribution in [0.15, 0.2) is 60.1 Å². The largest absolute Gasteiger partial charge is 0.357 e. The molecule has 0 fully saturated rings. The SMILES string of the molecule is CCNC(=NCc1ccnc(-n2cccn2)c1)N(C)Cc1cccn1C. The number of aryl methyl sites for hydroxylation is 1. The minimum atomic E-state index is 0.580. The lowest BCUT2D eigenvalue weighted by Crippen LogP contribution is -2.38. The summed E-state index contributed by atoms with van der Waals surface area (Å²) in [7, 11) is 4.11. The van der Waals surface area contributed by atoms with Crippen molar-refractivity contribution in [3.8, 4) is 5.82 Å². The van der Waals surface area contributed by atoms with Gasteiger partial charge in [-0.1, -0.05) is 0 Å². The first-order chi connectivity index (χ1) is 12.7. The number of aromatic nitrogens is 4. The average Bonchev–Trinajstić information content (AvgIpc) is 3.31. The van der Waals surface area contributed by atoms with Crippen LogP contribution in [-0.4, -0.2) is 43.8 Å². The molecule has 3 rings (SSSR count). The fraction of sp³-hybridized carbons (Fsp3) is 0.316. The molecule has 3 aromatic heterocycles. The molecule has 0 unspecified atom stereocenters. The molecule has 26 heavy (non-hydrogen) atoms. The van der Waals surface area contributed by atoms with Crippen molar-refractivity contribution in [1.82, 2.24) is 29.5 Å². The molecular weight excluding hydrogens is 326 g/mol. The molecule has 1 N–H and O–H groups in total. The maximum Gasteiger partial charge on any atom is 0.194 e. The molecular formula is C19H25N7. The summed E-state index contributed by atoms with van der Waals surface area (Å²) in [6.45, 7) is 4.28. The van der Waals surface area contributed by atoms with Crippen LogP contribution in [0.3, 0.4) is 0 Å². The van der Waals surface area contributed by atoms with Crippen LogP contribution in [-0.2, 0) is 20.1 Å². The molecule has 0 saturated heterocycles. The molecule has 0 saturated carbocycles. The Balaban J connectivity index is 1.73. The van der Waals surface area contributed by atoms with Crippen LogP contribution in [0.25, 0.3) is 5.82 Å². The smallest absolute Gasteiger partial charge is 0.194 e. The number of nitrogens with zero attached hydrogens (tertiary/aromatic N) is 6. The number of aliphatic imine (C=N–C) groups is 1. The predicted molar refractivity (Wildman–Crippen MR) is 103 cm³/mol. The molecule has 0 aliphatic rings. The van der Waals surface area contributed by atoms with E-state index in [-0.39, 0.29) is 0 Å². The van der Waals surface area contributed by atoms with Gasteiger partial charge in [-0.2, -0.15) is 5.10 Å². The van der Waals surface area contributed by atoms with E-state index in [4.69, 9.17) is 4.99 Å². The Morgan fingerprint density at radius 2 is 2.12 bits per heavy atom. The zero-order valence-corrected chi connectivity index (χ0v) is 15.5. The monoisotopic (exact) mass is 351 g/mol. The molecule has 136 valence electrons. The van der Waals surface area contributed by atoms with Crippen LogP contribution in [0.5, 0.6) is 0 Å². The predicted octanol–water partition coefficient (Wildman–Crippen LogP) is 2.20. The van der Waals surface area contributed by atoms with E-state index >= 15 is 0 Å². The van der Waals surface area contributed by atoms with Gasteiger partial charge < -0.3 is 14.8 Å². The Bertz CT molecular complexity index is 848. The van der Waals surface area contributed by atoms with E-state index in [0.29, 0.717) is 6.54 Å². The number of hydrogen-bond acceptors (Lipinski definition) is 3. The van der Waals surface area contributed by atoms with Crippen LogP contribution in [0.1, 0.15) is 18.2 Å². The summed E-state index contributed by atoms with van der Waals surface area (Å²) in [5.41, 5.74) is 2.33. The van der Waals surface area contributed by atoms with Crippen molar-refractivity contribution in [2.24, 2.45) is 12.0 Å². The lowest BCUT2D eigenvalue weighted by molar-refractivity contribution is 0.462. The highest BCUT2D eigenvalue weighted by molar-refractivity contribution is 5.79. The molecule has 7 heteroatoms. The summed E-state index contributed by atoms with van der Waals surface area (Å²) < 4.78 is 3.87. The zero-order valence-electron chi connectivity index (χ0n) is 15.5. The highest BCUT2D eigenvalue weighted by atomic mass is 15.3. The lowest BCUT2D eigenvalue weighted by Gasteiger charge is -2.22. The Morgan fingerprint density at radius 3 is 2.81 bits per heavy atom. The molecule has 0 radical (unpaired) electrons. The minimum Gasteiger partial charge on any atom is -0.357 e. The lowest BCUT2D eigenvalue weighted by atomic mass is 10.2. The second-order valence-corrected chi connectivity index (χ2v) is 6.11. The van der Waals surface area contributed by atoms with Crippen LogP contribution in [0.2, 0.25) is 0 Å². The van der Waals surface area contributed by atoms with E-state index in [2.05, 4.69) is 64.2 Å². The third kappa shape index (κ3) is 4.30. The molecule has 7 nitrogen and oxygen atoms in total. The van der Waals surface area contributed by atoms with Crippen molar-refractivity contribution >= 4 is 5.96 Å². The first-order valence-corrected chi connectivity index (χ1v) is 8.72. The topological polar surface area (TPSA) is 63.3 Å². The molecule has 3 aromatic rings. The van der Waals surface area contributed by atoms with Gasteiger partial charge in [0.15, 0.2) is 11.8 Å². The number of guanidine groups is 1. The van der Waals surface area contributed by atoms with Gasteiger partial charge in [-0.05, 0) is 42.8 Å². The first kappa shape index (κ1) is 17.7. The van der Waals surface area contributed by atoms with Gasteiger partial charge >= 0.3 is 0 Å². The van der Waals surface area contributed by atoms with Crippen molar-refractivity contribution in [2.75, 3.05) is 13.6 Å². The minimum absolute atomic E-state index is 0.580. The van der Waals surface area contributed by atoms with Crippen molar-refractivity contribution in [1.29, 1.82) is 0 Å². The number of rotatable bonds is 6. The second-order valence-electron chi connectivity index (χ2n) is 6.11. The summed E-state index contributed by atoms with van der Waals surface area (Å²) in [5, 5.41) is 7.59. The van der Waals surface area contributed by atoms with Gasteiger partial charge in [-0.3, -0.25) is 0 Å². The van der Waals surface area contributed by atoms with Crippen molar-refractivity contribution in [3.63, 3.8) is 0 Å². The Hall–Kier alpha value is -3.09. The number of pyridine rings is 1.